The molecule has 0 saturated carbocycles. The SMILES string of the molecule is O=C(NC(Cc1ccc(Cl)c(F)c1)C(=O)O)OCC1c2ccccc2-c2ccccc21. The average Bonchev–Trinajstić information content (AvgIpc) is 3.08. The molecule has 4 rings (SSSR count). The highest BCUT2D eigenvalue weighted by Gasteiger charge is 2.29. The number of carboxylic acid groups (broad SMARTS) is 1. The molecule has 0 bridgehead atoms. The lowest BCUT2D eigenvalue weighted by Crippen LogP contribution is -2.42. The van der Waals surface area contributed by atoms with Gasteiger partial charge in [0.05, 0.1) is 5.02 Å². The van der Waals surface area contributed by atoms with Crippen LogP contribution in [-0.4, -0.2) is 29.8 Å². The van der Waals surface area contributed by atoms with Crippen molar-refractivity contribution in [3.05, 3.63) is 94.3 Å². The van der Waals surface area contributed by atoms with Gasteiger partial charge in [-0.2, -0.15) is 0 Å². The third-order valence-electron chi connectivity index (χ3n) is 5.36. The zero-order valence-electron chi connectivity index (χ0n) is 16.3. The minimum atomic E-state index is -1.27. The number of hydrogen-bond acceptors (Lipinski definition) is 3. The van der Waals surface area contributed by atoms with Crippen LogP contribution in [0.2, 0.25) is 5.02 Å². The fourth-order valence-corrected chi connectivity index (χ4v) is 4.00. The second kappa shape index (κ2) is 8.78. The molecule has 0 aliphatic heterocycles. The van der Waals surface area contributed by atoms with Crippen molar-refractivity contribution in [1.82, 2.24) is 5.32 Å². The number of alkyl carbamates (subject to hydrolysis) is 1. The molecule has 0 heterocycles. The summed E-state index contributed by atoms with van der Waals surface area (Å²) in [6.07, 6.45) is -0.947. The summed E-state index contributed by atoms with van der Waals surface area (Å²) in [5, 5.41) is 11.8. The summed E-state index contributed by atoms with van der Waals surface area (Å²) >= 11 is 5.66. The molecule has 3 aromatic rings. The monoisotopic (exact) mass is 439 g/mol. The Morgan fingerprint density at radius 1 is 1.03 bits per heavy atom. The van der Waals surface area contributed by atoms with E-state index in [1.807, 2.05) is 48.5 Å². The van der Waals surface area contributed by atoms with Crippen LogP contribution in [0.15, 0.2) is 66.7 Å². The highest BCUT2D eigenvalue weighted by molar-refractivity contribution is 6.30. The van der Waals surface area contributed by atoms with Gasteiger partial charge in [-0.15, -0.1) is 0 Å². The minimum Gasteiger partial charge on any atom is -0.480 e. The third kappa shape index (κ3) is 4.39. The van der Waals surface area contributed by atoms with Gasteiger partial charge in [0.2, 0.25) is 0 Å². The first-order chi connectivity index (χ1) is 14.9. The molecular weight excluding hydrogens is 421 g/mol. The molecule has 0 radical (unpaired) electrons. The van der Waals surface area contributed by atoms with Crippen LogP contribution >= 0.6 is 11.6 Å². The van der Waals surface area contributed by atoms with E-state index in [0.29, 0.717) is 5.56 Å². The topological polar surface area (TPSA) is 75.6 Å². The second-order valence-corrected chi connectivity index (χ2v) is 7.72. The number of benzene rings is 3. The summed E-state index contributed by atoms with van der Waals surface area (Å²) in [6, 6.07) is 18.6. The molecule has 0 saturated heterocycles. The summed E-state index contributed by atoms with van der Waals surface area (Å²) < 4.78 is 19.0. The molecule has 7 heteroatoms. The zero-order chi connectivity index (χ0) is 22.0. The summed E-state index contributed by atoms with van der Waals surface area (Å²) in [4.78, 5) is 23.9. The van der Waals surface area contributed by atoms with Gasteiger partial charge in [0, 0.05) is 12.3 Å². The Bertz CT molecular complexity index is 1100. The van der Waals surface area contributed by atoms with Crippen molar-refractivity contribution in [3.8, 4) is 11.1 Å². The molecule has 1 aliphatic carbocycles. The molecule has 1 unspecified atom stereocenters. The minimum absolute atomic E-state index is 0.0554. The number of fused-ring (bicyclic) bond motifs is 3. The van der Waals surface area contributed by atoms with E-state index in [4.69, 9.17) is 16.3 Å². The summed E-state index contributed by atoms with van der Waals surface area (Å²) in [5.74, 6) is -2.03. The fraction of sp³-hybridized carbons (Fsp3) is 0.167. The Kier molecular flexibility index (Phi) is 5.91. The van der Waals surface area contributed by atoms with Crippen LogP contribution in [-0.2, 0) is 16.0 Å². The van der Waals surface area contributed by atoms with E-state index in [1.54, 1.807) is 0 Å². The van der Waals surface area contributed by atoms with Crippen molar-refractivity contribution in [2.75, 3.05) is 6.61 Å². The van der Waals surface area contributed by atoms with Crippen LogP contribution in [0, 0.1) is 5.82 Å². The summed E-state index contributed by atoms with van der Waals surface area (Å²) in [5.41, 5.74) is 4.71. The number of aliphatic carboxylic acids is 1. The Labute approximate surface area is 183 Å². The maximum Gasteiger partial charge on any atom is 0.407 e. The molecule has 1 aliphatic rings. The standard InChI is InChI=1S/C24H19ClFNO4/c25-20-10-9-14(11-21(20)26)12-22(23(28)29)27-24(30)31-13-19-17-7-3-1-5-15(17)16-6-2-4-8-18(16)19/h1-11,19,22H,12-13H2,(H,27,30)(H,28,29). The largest absolute Gasteiger partial charge is 0.480 e. The number of halogens is 2. The Morgan fingerprint density at radius 2 is 1.65 bits per heavy atom. The number of ether oxygens (including phenoxy) is 1. The van der Waals surface area contributed by atoms with Crippen molar-refractivity contribution in [1.29, 1.82) is 0 Å². The van der Waals surface area contributed by atoms with Gasteiger partial charge >= 0.3 is 12.1 Å². The summed E-state index contributed by atoms with van der Waals surface area (Å²) in [7, 11) is 0. The molecule has 3 aromatic carbocycles. The molecule has 1 amide bonds. The molecular formula is C24H19ClFNO4. The van der Waals surface area contributed by atoms with Crippen molar-refractivity contribution in [3.63, 3.8) is 0 Å². The van der Waals surface area contributed by atoms with E-state index in [0.717, 1.165) is 28.3 Å². The van der Waals surface area contributed by atoms with E-state index >= 15 is 0 Å². The predicted molar refractivity (Wildman–Crippen MR) is 115 cm³/mol. The van der Waals surface area contributed by atoms with E-state index in [1.165, 1.54) is 12.1 Å². The molecule has 0 spiro atoms. The third-order valence-corrected chi connectivity index (χ3v) is 5.66. The van der Waals surface area contributed by atoms with Gasteiger partial charge in [0.1, 0.15) is 18.5 Å². The predicted octanol–water partition coefficient (Wildman–Crippen LogP) is 5.01. The average molecular weight is 440 g/mol. The van der Waals surface area contributed by atoms with E-state index in [2.05, 4.69) is 5.32 Å². The summed E-state index contributed by atoms with van der Waals surface area (Å²) in [6.45, 7) is 0.0712. The van der Waals surface area contributed by atoms with Crippen molar-refractivity contribution in [2.24, 2.45) is 0 Å². The number of rotatable bonds is 6. The number of amides is 1. The van der Waals surface area contributed by atoms with Crippen LogP contribution in [0.3, 0.4) is 0 Å². The van der Waals surface area contributed by atoms with Crippen LogP contribution in [0.25, 0.3) is 11.1 Å². The normalized spacial score (nSPS) is 13.2. The fourth-order valence-electron chi connectivity index (χ4n) is 3.88. The van der Waals surface area contributed by atoms with Gasteiger partial charge < -0.3 is 15.2 Å². The Balaban J connectivity index is 1.43. The lowest BCUT2D eigenvalue weighted by atomic mass is 9.98. The van der Waals surface area contributed by atoms with E-state index in [9.17, 15) is 19.1 Å². The van der Waals surface area contributed by atoms with Crippen LogP contribution in [0.1, 0.15) is 22.6 Å². The molecule has 0 aromatic heterocycles. The number of hydrogen-bond donors (Lipinski definition) is 2. The van der Waals surface area contributed by atoms with Gasteiger partial charge in [-0.25, -0.2) is 14.0 Å². The number of carbonyl (C=O) groups excluding carboxylic acids is 1. The van der Waals surface area contributed by atoms with Gasteiger partial charge in [0.15, 0.2) is 0 Å². The van der Waals surface area contributed by atoms with E-state index < -0.39 is 23.9 Å². The highest BCUT2D eigenvalue weighted by Crippen LogP contribution is 2.44. The molecule has 2 N–H and O–H groups in total. The second-order valence-electron chi connectivity index (χ2n) is 7.31. The van der Waals surface area contributed by atoms with E-state index in [-0.39, 0.29) is 24.0 Å². The lowest BCUT2D eigenvalue weighted by molar-refractivity contribution is -0.139. The quantitative estimate of drug-likeness (QED) is 0.566. The van der Waals surface area contributed by atoms with Crippen molar-refractivity contribution in [2.45, 2.75) is 18.4 Å². The molecule has 31 heavy (non-hydrogen) atoms. The molecule has 5 nitrogen and oxygen atoms in total. The smallest absolute Gasteiger partial charge is 0.407 e. The van der Waals surface area contributed by atoms with Gasteiger partial charge in [-0.3, -0.25) is 0 Å². The number of carboxylic acids is 1. The van der Waals surface area contributed by atoms with Crippen LogP contribution in [0.4, 0.5) is 9.18 Å². The molecule has 158 valence electrons. The Hall–Kier alpha value is -3.38. The van der Waals surface area contributed by atoms with Crippen molar-refractivity contribution < 1.29 is 23.8 Å². The van der Waals surface area contributed by atoms with Gasteiger partial charge in [0.25, 0.3) is 0 Å². The van der Waals surface area contributed by atoms with Gasteiger partial charge in [-0.05, 0) is 39.9 Å². The number of carbonyl (C=O) groups is 2. The van der Waals surface area contributed by atoms with Crippen molar-refractivity contribution >= 4 is 23.7 Å². The lowest BCUT2D eigenvalue weighted by Gasteiger charge is -2.17. The maximum absolute atomic E-state index is 13.6. The first-order valence-electron chi connectivity index (χ1n) is 9.72. The molecule has 0 fully saturated rings. The van der Waals surface area contributed by atoms with Crippen LogP contribution < -0.4 is 5.32 Å². The van der Waals surface area contributed by atoms with Crippen LogP contribution in [0.5, 0.6) is 0 Å². The maximum atomic E-state index is 13.6. The highest BCUT2D eigenvalue weighted by atomic mass is 35.5. The Morgan fingerprint density at radius 3 is 2.23 bits per heavy atom. The number of nitrogens with one attached hydrogen (secondary N) is 1. The first-order valence-corrected chi connectivity index (χ1v) is 10.1. The first kappa shape index (κ1) is 20.9. The van der Waals surface area contributed by atoms with Gasteiger partial charge in [-0.1, -0.05) is 66.2 Å². The molecule has 1 atom stereocenters. The zero-order valence-corrected chi connectivity index (χ0v) is 17.1.